The Hall–Kier alpha value is -1.60. The molecule has 0 saturated heterocycles. The molecule has 0 aliphatic heterocycles. The highest BCUT2D eigenvalue weighted by Crippen LogP contribution is 2.22. The summed E-state index contributed by atoms with van der Waals surface area (Å²) >= 11 is 0. The van der Waals surface area contributed by atoms with Gasteiger partial charge in [-0.2, -0.15) is 9.97 Å². The van der Waals surface area contributed by atoms with E-state index in [0.29, 0.717) is 25.3 Å². The van der Waals surface area contributed by atoms with Crippen LogP contribution < -0.4 is 14.7 Å². The van der Waals surface area contributed by atoms with Gasteiger partial charge in [-0.05, 0) is 5.92 Å². The fraction of sp³-hybridized carbons (Fsp3) is 0.733. The van der Waals surface area contributed by atoms with E-state index >= 15 is 0 Å². The van der Waals surface area contributed by atoms with Gasteiger partial charge in [0, 0.05) is 48.0 Å². The highest BCUT2D eigenvalue weighted by atomic mass is 16.5. The van der Waals surface area contributed by atoms with Gasteiger partial charge >= 0.3 is 0 Å². The molecule has 0 atom stereocenters. The van der Waals surface area contributed by atoms with Crippen molar-refractivity contribution < 1.29 is 9.47 Å². The first-order valence-electron chi connectivity index (χ1n) is 7.39. The molecule has 1 heterocycles. The van der Waals surface area contributed by atoms with Crippen LogP contribution in [0.3, 0.4) is 0 Å². The third-order valence-corrected chi connectivity index (χ3v) is 3.02. The molecule has 1 aromatic rings. The summed E-state index contributed by atoms with van der Waals surface area (Å²) in [5.41, 5.74) is 0. The van der Waals surface area contributed by atoms with Gasteiger partial charge in [0.25, 0.3) is 0 Å². The fourth-order valence-corrected chi connectivity index (χ4v) is 2.08. The zero-order chi connectivity index (χ0) is 16.7. The molecule has 0 saturated carbocycles. The van der Waals surface area contributed by atoms with Crippen molar-refractivity contribution in [1.82, 2.24) is 9.97 Å². The van der Waals surface area contributed by atoms with Gasteiger partial charge in [0.05, 0.1) is 0 Å². The molecule has 0 unspecified atom stereocenters. The quantitative estimate of drug-likeness (QED) is 0.643. The van der Waals surface area contributed by atoms with Crippen molar-refractivity contribution >= 4 is 17.6 Å². The van der Waals surface area contributed by atoms with E-state index < -0.39 is 0 Å². The van der Waals surface area contributed by atoms with E-state index in [9.17, 15) is 0 Å². The molecule has 0 amide bonds. The molecule has 1 aromatic heterocycles. The Labute approximate surface area is 133 Å². The lowest BCUT2D eigenvalue weighted by molar-refractivity contribution is 0.139. The van der Waals surface area contributed by atoms with Crippen molar-refractivity contribution in [3.63, 3.8) is 0 Å². The molecule has 0 aromatic carbocycles. The number of nitrogens with zero attached hydrogens (tertiary/aromatic N) is 5. The van der Waals surface area contributed by atoms with E-state index in [1.165, 1.54) is 0 Å². The van der Waals surface area contributed by atoms with Crippen molar-refractivity contribution in [3.05, 3.63) is 6.07 Å². The highest BCUT2D eigenvalue weighted by Gasteiger charge is 2.15. The van der Waals surface area contributed by atoms with E-state index in [2.05, 4.69) is 28.7 Å². The van der Waals surface area contributed by atoms with Gasteiger partial charge in [-0.3, -0.25) is 0 Å². The number of methoxy groups -OCH3 is 2. The molecular formula is C15H29N5O2. The van der Waals surface area contributed by atoms with Crippen molar-refractivity contribution in [3.8, 4) is 0 Å². The average Bonchev–Trinajstić information content (AvgIpc) is 2.45. The maximum Gasteiger partial charge on any atom is 0.229 e. The van der Waals surface area contributed by atoms with Crippen molar-refractivity contribution in [1.29, 1.82) is 0 Å². The number of rotatable bonds is 9. The molecule has 0 aliphatic carbocycles. The van der Waals surface area contributed by atoms with Crippen LogP contribution in [0.15, 0.2) is 6.07 Å². The minimum absolute atomic E-state index is 0.408. The first-order valence-corrected chi connectivity index (χ1v) is 7.39. The van der Waals surface area contributed by atoms with Gasteiger partial charge in [0.2, 0.25) is 5.95 Å². The first kappa shape index (κ1) is 18.4. The number of anilines is 3. The topological polar surface area (TPSA) is 54.0 Å². The smallest absolute Gasteiger partial charge is 0.229 e. The maximum atomic E-state index is 5.23. The molecule has 22 heavy (non-hydrogen) atoms. The standard InChI is InChI=1S/C15H29N5O2/c1-12(2)9-19(5)15-16-13(18(3)4)8-14(17-15)20(10-21-6)11-22-7/h8,12H,9-11H2,1-7H3. The van der Waals surface area contributed by atoms with Crippen LogP contribution >= 0.6 is 0 Å². The van der Waals surface area contributed by atoms with Gasteiger partial charge < -0.3 is 24.2 Å². The van der Waals surface area contributed by atoms with Gasteiger partial charge in [0.15, 0.2) is 0 Å². The monoisotopic (exact) mass is 311 g/mol. The number of hydrogen-bond donors (Lipinski definition) is 0. The summed E-state index contributed by atoms with van der Waals surface area (Å²) in [7, 11) is 9.26. The lowest BCUT2D eigenvalue weighted by Crippen LogP contribution is -2.31. The zero-order valence-corrected chi connectivity index (χ0v) is 14.8. The summed E-state index contributed by atoms with van der Waals surface area (Å²) in [6, 6.07) is 1.94. The van der Waals surface area contributed by atoms with E-state index in [-0.39, 0.29) is 0 Å². The second-order valence-corrected chi connectivity index (χ2v) is 5.93. The number of hydrogen-bond acceptors (Lipinski definition) is 7. The lowest BCUT2D eigenvalue weighted by atomic mass is 10.2. The van der Waals surface area contributed by atoms with Crippen LogP contribution in [0.1, 0.15) is 13.8 Å². The highest BCUT2D eigenvalue weighted by molar-refractivity contribution is 5.54. The van der Waals surface area contributed by atoms with E-state index in [1.807, 2.05) is 37.0 Å². The molecule has 0 bridgehead atoms. The van der Waals surface area contributed by atoms with E-state index in [4.69, 9.17) is 9.47 Å². The minimum atomic E-state index is 0.408. The van der Waals surface area contributed by atoms with Crippen molar-refractivity contribution in [2.45, 2.75) is 13.8 Å². The second-order valence-electron chi connectivity index (χ2n) is 5.93. The summed E-state index contributed by atoms with van der Waals surface area (Å²) in [6.07, 6.45) is 0. The van der Waals surface area contributed by atoms with Crippen LogP contribution in [0.25, 0.3) is 0 Å². The third-order valence-electron chi connectivity index (χ3n) is 3.02. The largest absolute Gasteiger partial charge is 0.364 e. The number of ether oxygens (including phenoxy) is 2. The van der Waals surface area contributed by atoms with Crippen LogP contribution in [0.4, 0.5) is 17.6 Å². The SMILES string of the molecule is COCN(COC)c1cc(N(C)C)nc(N(C)CC(C)C)n1. The van der Waals surface area contributed by atoms with Crippen molar-refractivity contribution in [2.24, 2.45) is 5.92 Å². The zero-order valence-electron chi connectivity index (χ0n) is 14.8. The normalized spacial score (nSPS) is 10.9. The molecule has 7 heteroatoms. The van der Waals surface area contributed by atoms with Crippen LogP contribution in [0, 0.1) is 5.92 Å². The van der Waals surface area contributed by atoms with Crippen LogP contribution in [-0.4, -0.2) is 65.3 Å². The first-order chi connectivity index (χ1) is 10.4. The predicted molar refractivity (Wildman–Crippen MR) is 90.7 cm³/mol. The summed E-state index contributed by atoms with van der Waals surface area (Å²) in [5.74, 6) is 2.88. The molecular weight excluding hydrogens is 282 g/mol. The summed E-state index contributed by atoms with van der Waals surface area (Å²) < 4.78 is 10.5. The molecule has 1 rings (SSSR count). The Bertz CT molecular complexity index is 448. The second kappa shape index (κ2) is 8.75. The molecule has 0 fully saturated rings. The summed E-state index contributed by atoms with van der Waals surface area (Å²) in [4.78, 5) is 15.2. The Morgan fingerprint density at radius 3 is 2.00 bits per heavy atom. The van der Waals surface area contributed by atoms with E-state index in [1.54, 1.807) is 14.2 Å². The summed E-state index contributed by atoms with van der Waals surface area (Å²) in [6.45, 7) is 6.06. The minimum Gasteiger partial charge on any atom is -0.364 e. The molecule has 7 nitrogen and oxygen atoms in total. The maximum absolute atomic E-state index is 5.23. The Kier molecular flexibility index (Phi) is 7.34. The molecule has 0 aliphatic rings. The third kappa shape index (κ3) is 5.31. The molecule has 0 spiro atoms. The molecule has 0 radical (unpaired) electrons. The van der Waals surface area contributed by atoms with Crippen LogP contribution in [0.5, 0.6) is 0 Å². The lowest BCUT2D eigenvalue weighted by Gasteiger charge is -2.26. The van der Waals surface area contributed by atoms with Crippen molar-refractivity contribution in [2.75, 3.05) is 70.1 Å². The van der Waals surface area contributed by atoms with E-state index in [0.717, 1.165) is 18.2 Å². The Morgan fingerprint density at radius 1 is 1.00 bits per heavy atom. The fourth-order valence-electron chi connectivity index (χ4n) is 2.08. The summed E-state index contributed by atoms with van der Waals surface area (Å²) in [5, 5.41) is 0. The van der Waals surface area contributed by atoms with Gasteiger partial charge in [-0.15, -0.1) is 0 Å². The predicted octanol–water partition coefficient (Wildman–Crippen LogP) is 1.65. The van der Waals surface area contributed by atoms with Crippen LogP contribution in [0.2, 0.25) is 0 Å². The van der Waals surface area contributed by atoms with Gasteiger partial charge in [-0.25, -0.2) is 0 Å². The van der Waals surface area contributed by atoms with Crippen LogP contribution in [-0.2, 0) is 9.47 Å². The molecule has 0 N–H and O–H groups in total. The Morgan fingerprint density at radius 2 is 1.55 bits per heavy atom. The molecule has 126 valence electrons. The van der Waals surface area contributed by atoms with Gasteiger partial charge in [0.1, 0.15) is 25.1 Å². The number of aromatic nitrogens is 2. The van der Waals surface area contributed by atoms with Gasteiger partial charge in [-0.1, -0.05) is 13.8 Å². The average molecular weight is 311 g/mol. The Balaban J connectivity index is 3.17.